The first-order chi connectivity index (χ1) is 32.8. The highest BCUT2D eigenvalue weighted by Gasteiger charge is 2.55. The molecule has 2 aromatic rings. The molecule has 3 aliphatic heterocycles. The van der Waals surface area contributed by atoms with Gasteiger partial charge in [0.25, 0.3) is 0 Å². The molecule has 0 radical (unpaired) electrons. The first-order valence-electron chi connectivity index (χ1n) is 25.0. The molecular formula is C51H82N4O15. The number of methoxy groups -OCH3 is 1. The standard InChI is InChI=1S/C51H82N4O15/c1-14-39-51(11,63)43(58)32(7)41(56)28(3)25-49(9,62)45(30(5)40(31(6)46(60)69-39)38-26-50(10,64-13)44(59)33(8)68-38)70-48-42(57)36(24-29(4)67-48)54(12)21-20-34-27-55(53-52-34)22-23-66-37-19-17-16-18-35(37)47(61)65-15-2/h16-19,27-33,36,38-40,42-45,48,57-59,62-63H,14-15,20-26H2,1-13H3/t28-,29-,30+,31-,32+,33+,36+,38?,39-,40+,42-,43-,44+,45-,48+,49-,50-,51-/m1/s1. The summed E-state index contributed by atoms with van der Waals surface area (Å²) in [4.78, 5) is 43.0. The van der Waals surface area contributed by atoms with Crippen molar-refractivity contribution >= 4 is 17.7 Å². The van der Waals surface area contributed by atoms with Crippen LogP contribution >= 0.6 is 0 Å². The van der Waals surface area contributed by atoms with Crippen LogP contribution in [0.3, 0.4) is 0 Å². The number of carbonyl (C=O) groups excluding carboxylic acids is 3. The summed E-state index contributed by atoms with van der Waals surface area (Å²) in [5, 5.41) is 68.1. The van der Waals surface area contributed by atoms with Crippen molar-refractivity contribution < 1.29 is 73.1 Å². The number of benzene rings is 1. The lowest BCUT2D eigenvalue weighted by molar-refractivity contribution is -0.302. The number of cyclic esters (lactones) is 1. The van der Waals surface area contributed by atoms with E-state index in [0.717, 1.165) is 0 Å². The average molecular weight is 991 g/mol. The molecule has 0 bridgehead atoms. The summed E-state index contributed by atoms with van der Waals surface area (Å²) in [7, 11) is 3.38. The Hall–Kier alpha value is -3.63. The van der Waals surface area contributed by atoms with E-state index in [-0.39, 0.29) is 32.5 Å². The summed E-state index contributed by atoms with van der Waals surface area (Å²) < 4.78 is 44.5. The number of nitrogens with zero attached hydrogens (tertiary/aromatic N) is 4. The van der Waals surface area contributed by atoms with Gasteiger partial charge in [0, 0.05) is 56.5 Å². The van der Waals surface area contributed by atoms with Gasteiger partial charge in [-0.25, -0.2) is 9.48 Å². The smallest absolute Gasteiger partial charge is 0.341 e. The number of carbonyl (C=O) groups is 3. The van der Waals surface area contributed by atoms with Crippen LogP contribution in [0.1, 0.15) is 118 Å². The molecule has 1 aromatic carbocycles. The minimum Gasteiger partial charge on any atom is -0.491 e. The molecule has 3 fully saturated rings. The summed E-state index contributed by atoms with van der Waals surface area (Å²) in [5.74, 6) is -5.75. The van der Waals surface area contributed by atoms with E-state index < -0.39 is 125 Å². The normalized spacial score (nSPS) is 39.3. The van der Waals surface area contributed by atoms with Crippen LogP contribution in [0.15, 0.2) is 30.5 Å². The van der Waals surface area contributed by atoms with Crippen LogP contribution in [0.2, 0.25) is 0 Å². The molecule has 19 heteroatoms. The lowest BCUT2D eigenvalue weighted by atomic mass is 9.67. The molecule has 1 unspecified atom stereocenters. The fraction of sp³-hybridized carbons (Fsp3) is 0.784. The van der Waals surface area contributed by atoms with E-state index in [1.807, 2.05) is 32.0 Å². The second kappa shape index (κ2) is 23.9. The second-order valence-corrected chi connectivity index (χ2v) is 20.9. The Morgan fingerprint density at radius 1 is 0.957 bits per heavy atom. The molecule has 5 rings (SSSR count). The molecule has 0 spiro atoms. The summed E-state index contributed by atoms with van der Waals surface area (Å²) in [6.07, 6.45) is -6.66. The van der Waals surface area contributed by atoms with Crippen LogP contribution in [0.5, 0.6) is 5.75 Å². The zero-order valence-electron chi connectivity index (χ0n) is 43.5. The molecule has 0 amide bonds. The molecule has 3 aliphatic rings. The molecule has 5 N–H and O–H groups in total. The summed E-state index contributed by atoms with van der Waals surface area (Å²) in [5.41, 5.74) is -3.90. The van der Waals surface area contributed by atoms with E-state index >= 15 is 0 Å². The van der Waals surface area contributed by atoms with Gasteiger partial charge in [-0.2, -0.15) is 0 Å². The molecule has 396 valence electrons. The maximum Gasteiger partial charge on any atom is 0.341 e. The monoisotopic (exact) mass is 991 g/mol. The average Bonchev–Trinajstić information content (AvgIpc) is 3.77. The van der Waals surface area contributed by atoms with Gasteiger partial charge in [-0.05, 0) is 85.9 Å². The number of esters is 2. The van der Waals surface area contributed by atoms with Crippen molar-refractivity contribution in [2.75, 3.05) is 33.9 Å². The number of aromatic nitrogens is 3. The van der Waals surface area contributed by atoms with E-state index in [2.05, 4.69) is 10.3 Å². The number of para-hydroxylation sites is 1. The van der Waals surface area contributed by atoms with Crippen molar-refractivity contribution in [2.45, 2.75) is 193 Å². The van der Waals surface area contributed by atoms with Crippen molar-refractivity contribution in [3.63, 3.8) is 0 Å². The van der Waals surface area contributed by atoms with Crippen molar-refractivity contribution in [1.82, 2.24) is 19.9 Å². The Labute approximate surface area is 413 Å². The number of aliphatic hydroxyl groups is 5. The highest BCUT2D eigenvalue weighted by atomic mass is 16.7. The van der Waals surface area contributed by atoms with Crippen molar-refractivity contribution in [3.05, 3.63) is 41.7 Å². The summed E-state index contributed by atoms with van der Waals surface area (Å²) in [6, 6.07) is 6.40. The highest BCUT2D eigenvalue weighted by molar-refractivity contribution is 5.92. The first kappa shape index (κ1) is 57.3. The second-order valence-electron chi connectivity index (χ2n) is 20.9. The van der Waals surface area contributed by atoms with Gasteiger partial charge in [-0.1, -0.05) is 52.0 Å². The van der Waals surface area contributed by atoms with Crippen LogP contribution in [-0.4, -0.2) is 175 Å². The minimum absolute atomic E-state index is 0.127. The number of hydrogen-bond donors (Lipinski definition) is 5. The fourth-order valence-corrected chi connectivity index (χ4v) is 11.1. The molecule has 0 saturated carbocycles. The van der Waals surface area contributed by atoms with Crippen molar-refractivity contribution in [3.8, 4) is 5.75 Å². The molecule has 18 atom stereocenters. The molecule has 1 aromatic heterocycles. The Morgan fingerprint density at radius 3 is 2.30 bits per heavy atom. The number of Topliss-reactive ketones (excluding diaryl/α,β-unsaturated/α-hetero) is 1. The predicted molar refractivity (Wildman–Crippen MR) is 255 cm³/mol. The Kier molecular flexibility index (Phi) is 19.6. The molecule has 19 nitrogen and oxygen atoms in total. The molecule has 70 heavy (non-hydrogen) atoms. The Balaban J connectivity index is 1.40. The minimum atomic E-state index is -2.02. The van der Waals surface area contributed by atoms with E-state index in [1.54, 1.807) is 77.4 Å². The molecular weight excluding hydrogens is 909 g/mol. The lowest BCUT2D eigenvalue weighted by Crippen LogP contribution is -2.62. The quantitative estimate of drug-likeness (QED) is 0.160. The van der Waals surface area contributed by atoms with Gasteiger partial charge < -0.3 is 63.6 Å². The number of rotatable bonds is 15. The summed E-state index contributed by atoms with van der Waals surface area (Å²) >= 11 is 0. The summed E-state index contributed by atoms with van der Waals surface area (Å²) in [6.45, 7) is 19.7. The number of hydrogen-bond acceptors (Lipinski definition) is 18. The topological polar surface area (TPSA) is 251 Å². The third kappa shape index (κ3) is 12.9. The lowest BCUT2D eigenvalue weighted by Gasteiger charge is -2.51. The van der Waals surface area contributed by atoms with Gasteiger partial charge in [-0.3, -0.25) is 9.59 Å². The van der Waals surface area contributed by atoms with Gasteiger partial charge in [0.1, 0.15) is 47.6 Å². The van der Waals surface area contributed by atoms with E-state index in [9.17, 15) is 39.9 Å². The SMILES string of the molecule is CCOC(=O)c1ccccc1OCCn1cc(CCN(C)[C@H]2C[C@@H](C)O[C@@H](O[C@@H]3[C@@H](C)[C@H](C4C[C@@](C)(OC)[C@@H](O)[C@H](C)O4)[C@@H](C)C(=O)O[C@H](CC)[C@@](C)(O)[C@H](O)[C@@H](C)C(=O)[C@H](C)C[C@@]3(C)O)[C@@H]2O)nn1. The van der Waals surface area contributed by atoms with Gasteiger partial charge in [0.05, 0.1) is 66.5 Å². The van der Waals surface area contributed by atoms with Gasteiger partial charge in [0.2, 0.25) is 0 Å². The van der Waals surface area contributed by atoms with Crippen LogP contribution < -0.4 is 4.74 Å². The molecule has 4 heterocycles. The van der Waals surface area contributed by atoms with Crippen molar-refractivity contribution in [1.29, 1.82) is 0 Å². The van der Waals surface area contributed by atoms with Gasteiger partial charge in [0.15, 0.2) is 6.29 Å². The Bertz CT molecular complexity index is 2030. The zero-order valence-corrected chi connectivity index (χ0v) is 43.5. The van der Waals surface area contributed by atoms with Crippen LogP contribution in [0.4, 0.5) is 0 Å². The van der Waals surface area contributed by atoms with E-state index in [4.69, 9.17) is 33.2 Å². The number of likely N-dealkylation sites (N-methyl/N-ethyl adjacent to an activating group) is 1. The van der Waals surface area contributed by atoms with Crippen LogP contribution in [-0.2, 0) is 51.0 Å². The fourth-order valence-electron chi connectivity index (χ4n) is 11.1. The molecule has 0 aliphatic carbocycles. The maximum atomic E-state index is 14.5. The van der Waals surface area contributed by atoms with Crippen LogP contribution in [0.25, 0.3) is 0 Å². The first-order valence-corrected chi connectivity index (χ1v) is 25.0. The molecule has 3 saturated heterocycles. The third-order valence-corrected chi connectivity index (χ3v) is 15.3. The predicted octanol–water partition coefficient (Wildman–Crippen LogP) is 3.52. The van der Waals surface area contributed by atoms with E-state index in [0.29, 0.717) is 42.9 Å². The van der Waals surface area contributed by atoms with Gasteiger partial charge >= 0.3 is 11.9 Å². The Morgan fingerprint density at radius 2 is 1.64 bits per heavy atom. The number of aliphatic hydroxyl groups excluding tert-OH is 3. The van der Waals surface area contributed by atoms with Crippen LogP contribution in [0, 0.1) is 29.6 Å². The van der Waals surface area contributed by atoms with E-state index in [1.165, 1.54) is 21.0 Å². The third-order valence-electron chi connectivity index (χ3n) is 15.3. The largest absolute Gasteiger partial charge is 0.491 e. The van der Waals surface area contributed by atoms with Crippen molar-refractivity contribution in [2.24, 2.45) is 29.6 Å². The zero-order chi connectivity index (χ0) is 52.0. The highest BCUT2D eigenvalue weighted by Crippen LogP contribution is 2.45. The number of ketones is 1. The maximum absolute atomic E-state index is 14.5. The number of ether oxygens (including phenoxy) is 7. The van der Waals surface area contributed by atoms with Gasteiger partial charge in [-0.15, -0.1) is 5.10 Å².